The minimum absolute atomic E-state index is 0. The van der Waals surface area contributed by atoms with E-state index in [-0.39, 0.29) is 128 Å². The van der Waals surface area contributed by atoms with Crippen molar-refractivity contribution in [2.24, 2.45) is 0 Å². The fraction of sp³-hybridized carbons (Fsp3) is 0.423. The molecule has 10 nitrogen and oxygen atoms in total. The first-order chi connectivity index (χ1) is 19.6. The number of nitrogens with zero attached hydrogens (tertiary/aromatic N) is 3. The van der Waals surface area contributed by atoms with Gasteiger partial charge < -0.3 is 36.1 Å². The number of carbonyl (C=O) groups is 3. The third-order valence-electron chi connectivity index (χ3n) is 6.41. The number of carbonyl (C=O) groups excluding carboxylic acids is 3. The molecular weight excluding hydrogens is 656 g/mol. The third-order valence-corrected chi connectivity index (χ3v) is 7.07. The van der Waals surface area contributed by atoms with Crippen LogP contribution in [0.15, 0.2) is 36.4 Å². The summed E-state index contributed by atoms with van der Waals surface area (Å²) >= 11 is 11.5. The molecule has 0 aliphatic carbocycles. The average molecular weight is 692 g/mol. The van der Waals surface area contributed by atoms with Gasteiger partial charge in [-0.25, -0.2) is 4.39 Å². The molecule has 43 heavy (non-hydrogen) atoms. The average Bonchev–Trinajstić information content (AvgIpc) is 2.98. The van der Waals surface area contributed by atoms with E-state index in [0.29, 0.717) is 16.9 Å². The Kier molecular flexibility index (Phi) is 28.6. The summed E-state index contributed by atoms with van der Waals surface area (Å²) in [5, 5.41) is 27.7. The molecule has 2 saturated heterocycles. The van der Waals surface area contributed by atoms with Crippen molar-refractivity contribution in [1.29, 1.82) is 0 Å². The van der Waals surface area contributed by atoms with Crippen LogP contribution in [0.4, 0.5) is 10.1 Å². The Morgan fingerprint density at radius 1 is 0.814 bits per heavy atom. The van der Waals surface area contributed by atoms with E-state index in [4.69, 9.17) is 38.3 Å². The van der Waals surface area contributed by atoms with E-state index in [1.165, 1.54) is 37.5 Å². The first-order valence-corrected chi connectivity index (χ1v) is 13.8. The van der Waals surface area contributed by atoms with Crippen molar-refractivity contribution in [2.75, 3.05) is 44.2 Å². The smallest absolute Gasteiger partial charge is 1.00 e. The Hall–Kier alpha value is 0.763. The van der Waals surface area contributed by atoms with Gasteiger partial charge in [-0.2, -0.15) is 0 Å². The SMILES string of the molecule is CB(O)N1CCCCC1.CB(O)N1CCN(c2cccc(Cl)c2C=O)CC1.O=CO[O-].O=Cc1c(F)cccc1Cl.[H-].[K+].[K+]. The van der Waals surface area contributed by atoms with Crippen LogP contribution < -0.4 is 113 Å². The number of benzene rings is 2. The van der Waals surface area contributed by atoms with Crippen LogP contribution in [-0.4, -0.2) is 92.1 Å². The summed E-state index contributed by atoms with van der Waals surface area (Å²) in [4.78, 5) is 38.7. The van der Waals surface area contributed by atoms with Crippen molar-refractivity contribution >= 4 is 62.0 Å². The summed E-state index contributed by atoms with van der Waals surface area (Å²) in [6.45, 7) is 8.72. The number of aldehydes is 2. The van der Waals surface area contributed by atoms with Gasteiger partial charge in [0.2, 0.25) is 0 Å². The summed E-state index contributed by atoms with van der Waals surface area (Å²) in [7, 11) is -0.651. The van der Waals surface area contributed by atoms with E-state index in [2.05, 4.69) is 14.6 Å². The standard InChI is InChI=1S/C12H16BClN2O2.C7H4ClFO.C6H14BNO.CH2O3.2K.H/c1-13(18)16-7-5-15(6-8-16)12-4-2-3-11(14)10(12)9-17;8-6-2-1-3-7(9)5(6)4-10;1-7(9)8-5-3-2-4-6-8;2-1-4-3;;;/h2-4,9,18H,5-8H2,1H3;1-4H;9H,2-6H2,1H3;1,3H;;;/q;;;;2*+1;-1/p-1. The molecule has 2 aromatic rings. The number of piperazine rings is 1. The minimum Gasteiger partial charge on any atom is -1.00 e. The molecule has 0 aromatic heterocycles. The van der Waals surface area contributed by atoms with Crippen molar-refractivity contribution in [3.63, 3.8) is 0 Å². The van der Waals surface area contributed by atoms with E-state index >= 15 is 0 Å². The second-order valence-corrected chi connectivity index (χ2v) is 9.93. The fourth-order valence-corrected chi connectivity index (χ4v) is 4.59. The van der Waals surface area contributed by atoms with Crippen LogP contribution in [0.25, 0.3) is 0 Å². The molecule has 0 unspecified atom stereocenters. The predicted molar refractivity (Wildman–Crippen MR) is 159 cm³/mol. The molecule has 0 atom stereocenters. The first kappa shape index (κ1) is 45.9. The Morgan fingerprint density at radius 3 is 1.63 bits per heavy atom. The Labute approximate surface area is 350 Å². The molecule has 0 saturated carbocycles. The zero-order valence-corrected chi connectivity index (χ0v) is 32.9. The van der Waals surface area contributed by atoms with E-state index in [1.54, 1.807) is 12.9 Å². The van der Waals surface area contributed by atoms with E-state index in [9.17, 15) is 19.0 Å². The summed E-state index contributed by atoms with van der Waals surface area (Å²) in [6.07, 6.45) is 5.05. The molecule has 2 N–H and O–H groups in total. The van der Waals surface area contributed by atoms with Crippen LogP contribution in [0.5, 0.6) is 0 Å². The minimum atomic E-state index is -0.581. The largest absolute Gasteiger partial charge is 1.00 e. The van der Waals surface area contributed by atoms with Crippen LogP contribution in [0, 0.1) is 5.82 Å². The number of hydrogen-bond donors (Lipinski definition) is 2. The van der Waals surface area contributed by atoms with Crippen molar-refractivity contribution < 1.29 is 143 Å². The topological polar surface area (TPSA) is 134 Å². The number of hydrogen-bond acceptors (Lipinski definition) is 10. The van der Waals surface area contributed by atoms with Gasteiger partial charge in [-0.15, -0.1) is 0 Å². The quantitative estimate of drug-likeness (QED) is 0.138. The predicted octanol–water partition coefficient (Wildman–Crippen LogP) is -3.19. The molecule has 226 valence electrons. The number of piperidine rings is 1. The zero-order valence-electron chi connectivity index (χ0n) is 26.1. The molecule has 0 radical (unpaired) electrons. The normalized spacial score (nSPS) is 14.3. The van der Waals surface area contributed by atoms with Gasteiger partial charge in [0.15, 0.2) is 12.6 Å². The molecule has 2 aliphatic rings. The number of anilines is 1. The summed E-state index contributed by atoms with van der Waals surface area (Å²) in [5.41, 5.74) is 1.34. The van der Waals surface area contributed by atoms with Gasteiger partial charge in [0.05, 0.1) is 21.2 Å². The van der Waals surface area contributed by atoms with Gasteiger partial charge in [-0.05, 0) is 63.8 Å². The maximum atomic E-state index is 12.5. The summed E-state index contributed by atoms with van der Waals surface area (Å²) < 4.78 is 12.5. The zero-order chi connectivity index (χ0) is 30.8. The molecular formula is C26H36B2Cl2FK2N3O7. The Morgan fingerprint density at radius 2 is 1.26 bits per heavy atom. The van der Waals surface area contributed by atoms with E-state index in [0.717, 1.165) is 51.2 Å². The molecule has 2 aromatic carbocycles. The number of halogens is 3. The van der Waals surface area contributed by atoms with Crippen LogP contribution in [0.3, 0.4) is 0 Å². The monoisotopic (exact) mass is 691 g/mol. The van der Waals surface area contributed by atoms with Crippen molar-refractivity contribution in [3.05, 3.63) is 63.4 Å². The van der Waals surface area contributed by atoms with Gasteiger partial charge in [0.1, 0.15) is 5.82 Å². The third kappa shape index (κ3) is 17.5. The Balaban J connectivity index is -0.000000556. The van der Waals surface area contributed by atoms with Crippen LogP contribution in [-0.2, 0) is 9.68 Å². The summed E-state index contributed by atoms with van der Waals surface area (Å²) in [6, 6.07) is 9.59. The van der Waals surface area contributed by atoms with Crippen LogP contribution in [0.2, 0.25) is 23.7 Å². The molecule has 0 bridgehead atoms. The molecule has 4 rings (SSSR count). The number of rotatable bonds is 6. The van der Waals surface area contributed by atoms with Crippen LogP contribution >= 0.6 is 23.2 Å². The van der Waals surface area contributed by atoms with Gasteiger partial charge >= 0.3 is 117 Å². The van der Waals surface area contributed by atoms with Gasteiger partial charge in [-0.3, -0.25) is 14.4 Å². The second-order valence-electron chi connectivity index (χ2n) is 9.12. The van der Waals surface area contributed by atoms with E-state index < -0.39 is 12.9 Å². The fourth-order valence-electron chi connectivity index (χ4n) is 4.17. The molecule has 2 fully saturated rings. The van der Waals surface area contributed by atoms with Gasteiger partial charge in [0, 0.05) is 31.9 Å². The van der Waals surface area contributed by atoms with Crippen molar-refractivity contribution in [2.45, 2.75) is 32.9 Å². The molecule has 0 spiro atoms. The second kappa shape index (κ2) is 26.8. The Bertz CT molecular complexity index is 1070. The molecule has 2 aliphatic heterocycles. The maximum absolute atomic E-state index is 12.5. The molecule has 2 heterocycles. The molecule has 17 heteroatoms. The van der Waals surface area contributed by atoms with Crippen molar-refractivity contribution in [3.8, 4) is 0 Å². The maximum Gasteiger partial charge on any atom is 1.00 e. The van der Waals surface area contributed by atoms with Gasteiger partial charge in [0.25, 0.3) is 6.47 Å². The van der Waals surface area contributed by atoms with Crippen molar-refractivity contribution in [1.82, 2.24) is 9.62 Å². The van der Waals surface area contributed by atoms with Crippen LogP contribution in [0.1, 0.15) is 41.4 Å². The van der Waals surface area contributed by atoms with Gasteiger partial charge in [-0.1, -0.05) is 41.8 Å². The first-order valence-electron chi connectivity index (χ1n) is 13.1. The molecule has 0 amide bonds. The van der Waals surface area contributed by atoms with E-state index in [1.807, 2.05) is 23.8 Å². The summed E-state index contributed by atoms with van der Waals surface area (Å²) in [5.74, 6) is -0.581.